The van der Waals surface area contributed by atoms with Crippen LogP contribution in [0, 0.1) is 0 Å². The number of carbonyl (C=O) groups is 2. The molecule has 136 valence electrons. The van der Waals surface area contributed by atoms with Crippen LogP contribution in [0.2, 0.25) is 0 Å². The lowest BCUT2D eigenvalue weighted by Crippen LogP contribution is -2.41. The third kappa shape index (κ3) is 5.05. The fourth-order valence-corrected chi connectivity index (χ4v) is 3.76. The number of carbonyl (C=O) groups excluding carboxylic acids is 1. The molecule has 1 aromatic carbocycles. The van der Waals surface area contributed by atoms with Crippen molar-refractivity contribution in [1.82, 2.24) is 4.90 Å². The second-order valence-electron chi connectivity index (χ2n) is 7.12. The minimum Gasteiger partial charge on any atom is -0.478 e. The largest absolute Gasteiger partial charge is 0.478 e. The number of aromatic carboxylic acids is 1. The van der Waals surface area contributed by atoms with Crippen LogP contribution in [-0.2, 0) is 16.0 Å². The molecule has 1 aliphatic heterocycles. The van der Waals surface area contributed by atoms with Crippen LogP contribution in [0.15, 0.2) is 24.3 Å². The van der Waals surface area contributed by atoms with Gasteiger partial charge in [-0.3, -0.25) is 4.79 Å². The highest BCUT2D eigenvalue weighted by molar-refractivity contribution is 5.87. The van der Waals surface area contributed by atoms with Crippen molar-refractivity contribution in [3.05, 3.63) is 35.4 Å². The molecule has 1 aliphatic carbocycles. The summed E-state index contributed by atoms with van der Waals surface area (Å²) >= 11 is 0. The monoisotopic (exact) mass is 345 g/mol. The van der Waals surface area contributed by atoms with Crippen molar-refractivity contribution in [3.8, 4) is 0 Å². The zero-order valence-electron chi connectivity index (χ0n) is 14.7. The molecular formula is C20H27NO4. The average molecular weight is 345 g/mol. The molecule has 0 spiro atoms. The maximum absolute atomic E-state index is 12.4. The second kappa shape index (κ2) is 8.48. The van der Waals surface area contributed by atoms with Crippen molar-refractivity contribution in [3.63, 3.8) is 0 Å². The molecule has 1 aromatic rings. The highest BCUT2D eigenvalue weighted by Crippen LogP contribution is 2.25. The quantitative estimate of drug-likeness (QED) is 0.859. The SMILES string of the molecule is O=C(O)c1ccc(CCC(=O)N2CCC(OC3CCCC3)CC2)cc1. The van der Waals surface area contributed by atoms with Crippen LogP contribution >= 0.6 is 0 Å². The summed E-state index contributed by atoms with van der Waals surface area (Å²) in [5, 5.41) is 8.90. The van der Waals surface area contributed by atoms with Crippen LogP contribution in [0.3, 0.4) is 0 Å². The number of benzene rings is 1. The number of aryl methyl sites for hydroxylation is 1. The van der Waals surface area contributed by atoms with Gasteiger partial charge in [-0.25, -0.2) is 4.79 Å². The van der Waals surface area contributed by atoms with Gasteiger partial charge < -0.3 is 14.7 Å². The second-order valence-corrected chi connectivity index (χ2v) is 7.12. The molecule has 0 bridgehead atoms. The van der Waals surface area contributed by atoms with Crippen LogP contribution in [0.1, 0.15) is 60.9 Å². The van der Waals surface area contributed by atoms with E-state index in [1.807, 2.05) is 4.90 Å². The van der Waals surface area contributed by atoms with Crippen LogP contribution in [-0.4, -0.2) is 47.2 Å². The Labute approximate surface area is 149 Å². The number of carboxylic acids is 1. The fraction of sp³-hybridized carbons (Fsp3) is 0.600. The minimum atomic E-state index is -0.926. The van der Waals surface area contributed by atoms with Crippen LogP contribution in [0.5, 0.6) is 0 Å². The average Bonchev–Trinajstić information content (AvgIpc) is 3.13. The number of rotatable bonds is 6. The number of nitrogens with zero attached hydrogens (tertiary/aromatic N) is 1. The molecule has 0 unspecified atom stereocenters. The van der Waals surface area contributed by atoms with Crippen LogP contribution < -0.4 is 0 Å². The zero-order chi connectivity index (χ0) is 17.6. The summed E-state index contributed by atoms with van der Waals surface area (Å²) in [5.41, 5.74) is 1.28. The molecule has 5 heteroatoms. The predicted molar refractivity (Wildman–Crippen MR) is 94.7 cm³/mol. The number of hydrogen-bond donors (Lipinski definition) is 1. The van der Waals surface area contributed by atoms with Crippen molar-refractivity contribution in [2.45, 2.75) is 63.6 Å². The smallest absolute Gasteiger partial charge is 0.335 e. The van der Waals surface area contributed by atoms with Gasteiger partial charge in [0.15, 0.2) is 0 Å². The number of likely N-dealkylation sites (tertiary alicyclic amines) is 1. The van der Waals surface area contributed by atoms with E-state index in [2.05, 4.69) is 0 Å². The molecule has 3 rings (SSSR count). The van der Waals surface area contributed by atoms with Gasteiger partial charge in [-0.05, 0) is 49.8 Å². The molecule has 1 saturated carbocycles. The van der Waals surface area contributed by atoms with Gasteiger partial charge in [-0.1, -0.05) is 25.0 Å². The lowest BCUT2D eigenvalue weighted by atomic mass is 10.0. The third-order valence-electron chi connectivity index (χ3n) is 5.31. The molecule has 25 heavy (non-hydrogen) atoms. The number of hydrogen-bond acceptors (Lipinski definition) is 3. The summed E-state index contributed by atoms with van der Waals surface area (Å²) in [6.45, 7) is 1.57. The topological polar surface area (TPSA) is 66.8 Å². The van der Waals surface area contributed by atoms with Gasteiger partial charge in [-0.15, -0.1) is 0 Å². The van der Waals surface area contributed by atoms with Gasteiger partial charge in [0, 0.05) is 19.5 Å². The Morgan fingerprint density at radius 2 is 1.60 bits per heavy atom. The molecule has 1 saturated heterocycles. The highest BCUT2D eigenvalue weighted by Gasteiger charge is 2.26. The van der Waals surface area contributed by atoms with Crippen molar-refractivity contribution in [1.29, 1.82) is 0 Å². The molecule has 1 amide bonds. The lowest BCUT2D eigenvalue weighted by Gasteiger charge is -2.33. The predicted octanol–water partition coefficient (Wildman–Crippen LogP) is 3.27. The standard InChI is InChI=1S/C20H27NO4/c22-19(10-7-15-5-8-16(9-6-15)20(23)24)21-13-11-18(12-14-21)25-17-3-1-2-4-17/h5-6,8-9,17-18H,1-4,7,10-14H2,(H,23,24). The van der Waals surface area contributed by atoms with Crippen LogP contribution in [0.25, 0.3) is 0 Å². The van der Waals surface area contributed by atoms with Gasteiger partial charge in [0.1, 0.15) is 0 Å². The first-order valence-corrected chi connectivity index (χ1v) is 9.37. The van der Waals surface area contributed by atoms with E-state index in [4.69, 9.17) is 9.84 Å². The summed E-state index contributed by atoms with van der Waals surface area (Å²) in [5.74, 6) is -0.744. The van der Waals surface area contributed by atoms with E-state index in [-0.39, 0.29) is 11.5 Å². The molecule has 2 aliphatic rings. The van der Waals surface area contributed by atoms with E-state index in [9.17, 15) is 9.59 Å². The number of amides is 1. The molecule has 2 fully saturated rings. The number of piperidine rings is 1. The Morgan fingerprint density at radius 1 is 1.00 bits per heavy atom. The summed E-state index contributed by atoms with van der Waals surface area (Å²) in [6.07, 6.45) is 8.73. The van der Waals surface area contributed by atoms with Gasteiger partial charge in [0.05, 0.1) is 17.8 Å². The first-order valence-electron chi connectivity index (χ1n) is 9.37. The maximum Gasteiger partial charge on any atom is 0.335 e. The van der Waals surface area contributed by atoms with E-state index in [1.165, 1.54) is 25.7 Å². The molecule has 1 heterocycles. The molecule has 0 aromatic heterocycles. The Kier molecular flexibility index (Phi) is 6.08. The first-order chi connectivity index (χ1) is 12.1. The maximum atomic E-state index is 12.4. The van der Waals surface area contributed by atoms with Crippen molar-refractivity contribution >= 4 is 11.9 Å². The fourth-order valence-electron chi connectivity index (χ4n) is 3.76. The normalized spacial score (nSPS) is 19.3. The van der Waals surface area contributed by atoms with Crippen molar-refractivity contribution in [2.75, 3.05) is 13.1 Å². The molecule has 5 nitrogen and oxygen atoms in total. The highest BCUT2D eigenvalue weighted by atomic mass is 16.5. The third-order valence-corrected chi connectivity index (χ3v) is 5.31. The van der Waals surface area contributed by atoms with E-state index >= 15 is 0 Å². The van der Waals surface area contributed by atoms with Gasteiger partial charge in [0.25, 0.3) is 0 Å². The molecular weight excluding hydrogens is 318 g/mol. The molecule has 1 N–H and O–H groups in total. The molecule has 0 atom stereocenters. The Hall–Kier alpha value is -1.88. The van der Waals surface area contributed by atoms with E-state index < -0.39 is 5.97 Å². The first kappa shape index (κ1) is 17.9. The summed E-state index contributed by atoms with van der Waals surface area (Å²) < 4.78 is 6.15. The summed E-state index contributed by atoms with van der Waals surface area (Å²) in [4.78, 5) is 25.2. The minimum absolute atomic E-state index is 0.182. The number of ether oxygens (including phenoxy) is 1. The van der Waals surface area contributed by atoms with Crippen LogP contribution in [0.4, 0.5) is 0 Å². The van der Waals surface area contributed by atoms with Crippen molar-refractivity contribution in [2.24, 2.45) is 0 Å². The van der Waals surface area contributed by atoms with E-state index in [0.717, 1.165) is 31.5 Å². The summed E-state index contributed by atoms with van der Waals surface area (Å²) in [6, 6.07) is 6.76. The lowest BCUT2D eigenvalue weighted by molar-refractivity contribution is -0.134. The van der Waals surface area contributed by atoms with Gasteiger partial charge >= 0.3 is 5.97 Å². The number of carboxylic acid groups (broad SMARTS) is 1. The Bertz CT molecular complexity index is 584. The van der Waals surface area contributed by atoms with E-state index in [0.29, 0.717) is 25.0 Å². The Balaban J connectivity index is 1.39. The zero-order valence-corrected chi connectivity index (χ0v) is 14.7. The Morgan fingerprint density at radius 3 is 2.20 bits per heavy atom. The van der Waals surface area contributed by atoms with E-state index in [1.54, 1.807) is 24.3 Å². The van der Waals surface area contributed by atoms with Gasteiger partial charge in [0.2, 0.25) is 5.91 Å². The molecule has 0 radical (unpaired) electrons. The summed E-state index contributed by atoms with van der Waals surface area (Å²) in [7, 11) is 0. The van der Waals surface area contributed by atoms with Gasteiger partial charge in [-0.2, -0.15) is 0 Å². The van der Waals surface area contributed by atoms with Crippen molar-refractivity contribution < 1.29 is 19.4 Å².